The molecule has 0 spiro atoms. The van der Waals surface area contributed by atoms with E-state index in [2.05, 4.69) is 0 Å². The van der Waals surface area contributed by atoms with Crippen molar-refractivity contribution in [1.29, 1.82) is 0 Å². The molecule has 0 amide bonds. The minimum absolute atomic E-state index is 0.0633. The fraction of sp³-hybridized carbons (Fsp3) is 0.538. The van der Waals surface area contributed by atoms with E-state index < -0.39 is 15.9 Å². The summed E-state index contributed by atoms with van der Waals surface area (Å²) in [5.41, 5.74) is 0.943. The summed E-state index contributed by atoms with van der Waals surface area (Å²) in [7, 11) is -4.14. The first kappa shape index (κ1) is 14.5. The van der Waals surface area contributed by atoms with E-state index in [-0.39, 0.29) is 16.9 Å². The summed E-state index contributed by atoms with van der Waals surface area (Å²) >= 11 is 0. The Morgan fingerprint density at radius 1 is 1.32 bits per heavy atom. The smallest absolute Gasteiger partial charge is 0.294 e. The van der Waals surface area contributed by atoms with Gasteiger partial charge < -0.3 is 9.47 Å². The fourth-order valence-corrected chi connectivity index (χ4v) is 2.60. The van der Waals surface area contributed by atoms with Crippen molar-refractivity contribution in [2.75, 3.05) is 6.61 Å². The lowest BCUT2D eigenvalue weighted by molar-refractivity contribution is -0.140. The van der Waals surface area contributed by atoms with E-state index in [0.717, 1.165) is 5.56 Å². The summed E-state index contributed by atoms with van der Waals surface area (Å²) in [5.74, 6) is -0.495. The Bertz CT molecular complexity index is 547. The van der Waals surface area contributed by atoms with E-state index in [1.54, 1.807) is 12.1 Å². The van der Waals surface area contributed by atoms with Crippen LogP contribution in [0.3, 0.4) is 0 Å². The second kappa shape index (κ2) is 4.86. The average Bonchev–Trinajstić information content (AvgIpc) is 2.68. The lowest BCUT2D eigenvalue weighted by atomic mass is 9.96. The molecule has 5 nitrogen and oxygen atoms in total. The van der Waals surface area contributed by atoms with Crippen molar-refractivity contribution in [2.24, 2.45) is 0 Å². The Balaban J connectivity index is 2.15. The highest BCUT2D eigenvalue weighted by Crippen LogP contribution is 2.32. The average molecular weight is 286 g/mol. The molecule has 0 bridgehead atoms. The van der Waals surface area contributed by atoms with Crippen LogP contribution in [0.4, 0.5) is 0 Å². The molecular formula is C13H18O5S. The van der Waals surface area contributed by atoms with Gasteiger partial charge in [-0.3, -0.25) is 4.55 Å². The number of rotatable bonds is 3. The minimum atomic E-state index is -4.14. The van der Waals surface area contributed by atoms with Gasteiger partial charge in [0.1, 0.15) is 0 Å². The maximum Gasteiger partial charge on any atom is 0.294 e. The van der Waals surface area contributed by atoms with Gasteiger partial charge in [0.2, 0.25) is 0 Å². The van der Waals surface area contributed by atoms with Gasteiger partial charge in [-0.05, 0) is 31.5 Å². The third kappa shape index (κ3) is 3.33. The van der Waals surface area contributed by atoms with Crippen LogP contribution in [-0.4, -0.2) is 31.5 Å². The topological polar surface area (TPSA) is 72.8 Å². The Morgan fingerprint density at radius 2 is 1.89 bits per heavy atom. The van der Waals surface area contributed by atoms with Crippen LogP contribution < -0.4 is 0 Å². The zero-order valence-corrected chi connectivity index (χ0v) is 12.0. The highest BCUT2D eigenvalue weighted by Gasteiger charge is 2.36. The van der Waals surface area contributed by atoms with Crippen molar-refractivity contribution in [3.8, 4) is 0 Å². The first-order chi connectivity index (χ1) is 8.69. The van der Waals surface area contributed by atoms with Crippen LogP contribution in [0.2, 0.25) is 0 Å². The third-order valence-electron chi connectivity index (χ3n) is 3.29. The number of hydrogen-bond acceptors (Lipinski definition) is 4. The van der Waals surface area contributed by atoms with E-state index in [4.69, 9.17) is 14.0 Å². The summed E-state index contributed by atoms with van der Waals surface area (Å²) in [5, 5.41) is 0. The molecule has 0 aromatic heterocycles. The van der Waals surface area contributed by atoms with Gasteiger partial charge in [-0.25, -0.2) is 0 Å². The monoisotopic (exact) mass is 286 g/mol. The molecule has 0 aliphatic carbocycles. The minimum Gasteiger partial charge on any atom is -0.348 e. The van der Waals surface area contributed by atoms with Crippen LogP contribution in [-0.2, 0) is 19.6 Å². The quantitative estimate of drug-likeness (QED) is 0.862. The number of ether oxygens (including phenoxy) is 2. The van der Waals surface area contributed by atoms with Crippen molar-refractivity contribution in [3.63, 3.8) is 0 Å². The van der Waals surface area contributed by atoms with Crippen molar-refractivity contribution in [2.45, 2.75) is 43.5 Å². The fourth-order valence-electron chi connectivity index (χ4n) is 2.12. The predicted octanol–water partition coefficient (Wildman–Crippen LogP) is 2.19. The third-order valence-corrected chi connectivity index (χ3v) is 4.16. The zero-order valence-electron chi connectivity index (χ0n) is 11.2. The van der Waals surface area contributed by atoms with E-state index >= 15 is 0 Å². The molecule has 1 aliphatic heterocycles. The molecule has 19 heavy (non-hydrogen) atoms. The standard InChI is InChI=1S/C13H18O5S/c1-9(12-8-17-13(2,3)18-12)10-4-6-11(7-5-10)19(14,15)16/h4-7,9,12H,8H2,1-3H3,(H,14,15,16). The summed E-state index contributed by atoms with van der Waals surface area (Å²) in [6, 6.07) is 6.15. The van der Waals surface area contributed by atoms with Gasteiger partial charge >= 0.3 is 0 Å². The second-order valence-corrected chi connectivity index (χ2v) is 6.62. The molecule has 1 aliphatic rings. The van der Waals surface area contributed by atoms with Gasteiger partial charge in [-0.1, -0.05) is 19.1 Å². The number of hydrogen-bond donors (Lipinski definition) is 1. The molecule has 1 fully saturated rings. The van der Waals surface area contributed by atoms with Gasteiger partial charge in [0.15, 0.2) is 5.79 Å². The first-order valence-electron chi connectivity index (χ1n) is 6.08. The van der Waals surface area contributed by atoms with Crippen LogP contribution in [0.1, 0.15) is 32.3 Å². The molecule has 1 N–H and O–H groups in total. The molecule has 1 aromatic rings. The molecule has 106 valence electrons. The van der Waals surface area contributed by atoms with Crippen molar-refractivity contribution in [1.82, 2.24) is 0 Å². The zero-order chi connectivity index (χ0) is 14.3. The first-order valence-corrected chi connectivity index (χ1v) is 7.52. The van der Waals surface area contributed by atoms with Gasteiger partial charge in [-0.2, -0.15) is 8.42 Å². The van der Waals surface area contributed by atoms with Crippen molar-refractivity contribution >= 4 is 10.1 Å². The van der Waals surface area contributed by atoms with Crippen LogP contribution >= 0.6 is 0 Å². The highest BCUT2D eigenvalue weighted by atomic mass is 32.2. The van der Waals surface area contributed by atoms with Crippen molar-refractivity contribution < 1.29 is 22.4 Å². The molecule has 2 rings (SSSR count). The van der Waals surface area contributed by atoms with Crippen LogP contribution in [0.25, 0.3) is 0 Å². The van der Waals surface area contributed by atoms with Gasteiger partial charge in [0.05, 0.1) is 17.6 Å². The summed E-state index contributed by atoms with van der Waals surface area (Å²) in [6.07, 6.45) is -0.0633. The Kier molecular flexibility index (Phi) is 3.70. The predicted molar refractivity (Wildman–Crippen MR) is 69.6 cm³/mol. The largest absolute Gasteiger partial charge is 0.348 e. The van der Waals surface area contributed by atoms with Gasteiger partial charge in [0, 0.05) is 5.92 Å². The molecule has 2 atom stereocenters. The summed E-state index contributed by atoms with van der Waals surface area (Å²) in [4.78, 5) is -0.104. The highest BCUT2D eigenvalue weighted by molar-refractivity contribution is 7.85. The second-order valence-electron chi connectivity index (χ2n) is 5.20. The molecular weight excluding hydrogens is 268 g/mol. The molecule has 1 saturated heterocycles. The molecule has 1 heterocycles. The SMILES string of the molecule is CC(c1ccc(S(=O)(=O)O)cc1)C1COC(C)(C)O1. The van der Waals surface area contributed by atoms with Crippen molar-refractivity contribution in [3.05, 3.63) is 29.8 Å². The Labute approximate surface area is 113 Å². The van der Waals surface area contributed by atoms with Crippen LogP contribution in [0.15, 0.2) is 29.2 Å². The number of benzene rings is 1. The summed E-state index contributed by atoms with van der Waals surface area (Å²) < 4.78 is 42.1. The van der Waals surface area contributed by atoms with E-state index in [0.29, 0.717) is 6.61 Å². The van der Waals surface area contributed by atoms with E-state index in [1.807, 2.05) is 20.8 Å². The normalized spacial score (nSPS) is 24.3. The van der Waals surface area contributed by atoms with Crippen LogP contribution in [0, 0.1) is 0 Å². The maximum absolute atomic E-state index is 11.0. The molecule has 0 saturated carbocycles. The summed E-state index contributed by atoms with van der Waals surface area (Å²) in [6.45, 7) is 6.23. The maximum atomic E-state index is 11.0. The Hall–Kier alpha value is -0.950. The lowest BCUT2D eigenvalue weighted by Gasteiger charge is -2.21. The Morgan fingerprint density at radius 3 is 2.32 bits per heavy atom. The van der Waals surface area contributed by atoms with Crippen LogP contribution in [0.5, 0.6) is 0 Å². The molecule has 0 radical (unpaired) electrons. The van der Waals surface area contributed by atoms with E-state index in [1.165, 1.54) is 12.1 Å². The molecule has 1 aromatic carbocycles. The van der Waals surface area contributed by atoms with Gasteiger partial charge in [0.25, 0.3) is 10.1 Å². The molecule has 6 heteroatoms. The van der Waals surface area contributed by atoms with E-state index in [9.17, 15) is 8.42 Å². The lowest BCUT2D eigenvalue weighted by Crippen LogP contribution is -2.24. The van der Waals surface area contributed by atoms with Gasteiger partial charge in [-0.15, -0.1) is 0 Å². The molecule has 2 unspecified atom stereocenters.